The molecule has 0 atom stereocenters. The van der Waals surface area contributed by atoms with E-state index in [1.165, 1.54) is 0 Å². The molecule has 92 valence electrons. The lowest BCUT2D eigenvalue weighted by Crippen LogP contribution is -2.32. The summed E-state index contributed by atoms with van der Waals surface area (Å²) >= 11 is 12.1. The molecule has 1 heterocycles. The minimum Gasteiger partial charge on any atom is -0.481 e. The van der Waals surface area contributed by atoms with Crippen LogP contribution >= 0.6 is 23.2 Å². The second-order valence-electron chi connectivity index (χ2n) is 4.20. The van der Waals surface area contributed by atoms with Gasteiger partial charge in [-0.25, -0.2) is 0 Å². The fourth-order valence-corrected chi connectivity index (χ4v) is 2.74. The number of halogens is 2. The van der Waals surface area contributed by atoms with Gasteiger partial charge in [0.15, 0.2) is 0 Å². The van der Waals surface area contributed by atoms with Crippen LogP contribution in [-0.2, 0) is 17.8 Å². The Bertz CT molecular complexity index is 448. The Hall–Kier alpha value is -0.770. The summed E-state index contributed by atoms with van der Waals surface area (Å²) in [7, 11) is 0. The molecular formula is C12H13Cl2NO2. The largest absolute Gasteiger partial charge is 0.481 e. The molecule has 0 unspecified atom stereocenters. The first kappa shape index (κ1) is 12.7. The Morgan fingerprint density at radius 2 is 2.18 bits per heavy atom. The number of nitrogens with zero attached hydrogens (tertiary/aromatic N) is 1. The first-order valence-corrected chi connectivity index (χ1v) is 6.23. The summed E-state index contributed by atoms with van der Waals surface area (Å²) in [5.41, 5.74) is 2.25. The van der Waals surface area contributed by atoms with Gasteiger partial charge >= 0.3 is 5.97 Å². The van der Waals surface area contributed by atoms with E-state index in [0.717, 1.165) is 30.6 Å². The van der Waals surface area contributed by atoms with Crippen molar-refractivity contribution in [2.75, 3.05) is 13.1 Å². The van der Waals surface area contributed by atoms with Crippen LogP contribution in [-0.4, -0.2) is 29.1 Å². The van der Waals surface area contributed by atoms with Crippen molar-refractivity contribution in [2.45, 2.75) is 19.4 Å². The minimum atomic E-state index is -0.764. The topological polar surface area (TPSA) is 40.5 Å². The molecule has 0 amide bonds. The number of benzene rings is 1. The first-order valence-electron chi connectivity index (χ1n) is 5.47. The lowest BCUT2D eigenvalue weighted by Gasteiger charge is -2.29. The van der Waals surface area contributed by atoms with Gasteiger partial charge < -0.3 is 5.11 Å². The van der Waals surface area contributed by atoms with E-state index in [2.05, 4.69) is 4.90 Å². The molecule has 0 aliphatic carbocycles. The van der Waals surface area contributed by atoms with Gasteiger partial charge in [-0.15, -0.1) is 0 Å². The van der Waals surface area contributed by atoms with Crippen molar-refractivity contribution in [3.63, 3.8) is 0 Å². The normalized spacial score (nSPS) is 15.6. The molecule has 0 fully saturated rings. The predicted octanol–water partition coefficient (Wildman–Crippen LogP) is 2.83. The SMILES string of the molecule is O=C(O)CCN1CCc2c(Cl)cc(Cl)cc2C1. The second-order valence-corrected chi connectivity index (χ2v) is 5.04. The van der Waals surface area contributed by atoms with Crippen molar-refractivity contribution < 1.29 is 9.90 Å². The van der Waals surface area contributed by atoms with Crippen LogP contribution < -0.4 is 0 Å². The van der Waals surface area contributed by atoms with Crippen molar-refractivity contribution in [1.29, 1.82) is 0 Å². The number of carbonyl (C=O) groups is 1. The molecule has 1 aliphatic heterocycles. The highest BCUT2D eigenvalue weighted by Crippen LogP contribution is 2.29. The number of carboxylic acid groups (broad SMARTS) is 1. The molecular weight excluding hydrogens is 261 g/mol. The zero-order valence-electron chi connectivity index (χ0n) is 9.25. The average molecular weight is 274 g/mol. The van der Waals surface area contributed by atoms with E-state index in [-0.39, 0.29) is 6.42 Å². The molecule has 1 aromatic carbocycles. The maximum absolute atomic E-state index is 10.5. The van der Waals surface area contributed by atoms with E-state index in [1.54, 1.807) is 6.07 Å². The maximum atomic E-state index is 10.5. The average Bonchev–Trinajstić information content (AvgIpc) is 2.25. The highest BCUT2D eigenvalue weighted by atomic mass is 35.5. The maximum Gasteiger partial charge on any atom is 0.304 e. The van der Waals surface area contributed by atoms with Gasteiger partial charge in [-0.3, -0.25) is 9.69 Å². The van der Waals surface area contributed by atoms with Gasteiger partial charge in [-0.1, -0.05) is 23.2 Å². The summed E-state index contributed by atoms with van der Waals surface area (Å²) in [6, 6.07) is 3.67. The Labute approximate surface area is 110 Å². The zero-order valence-corrected chi connectivity index (χ0v) is 10.8. The number of carboxylic acids is 1. The van der Waals surface area contributed by atoms with E-state index in [4.69, 9.17) is 28.3 Å². The van der Waals surface area contributed by atoms with Crippen LogP contribution in [0.4, 0.5) is 0 Å². The van der Waals surface area contributed by atoms with Crippen molar-refractivity contribution >= 4 is 29.2 Å². The molecule has 0 bridgehead atoms. The van der Waals surface area contributed by atoms with Gasteiger partial charge in [0.25, 0.3) is 0 Å². The van der Waals surface area contributed by atoms with Crippen molar-refractivity contribution in [3.8, 4) is 0 Å². The number of rotatable bonds is 3. The number of fused-ring (bicyclic) bond motifs is 1. The van der Waals surface area contributed by atoms with Crippen LogP contribution in [0.25, 0.3) is 0 Å². The minimum absolute atomic E-state index is 0.170. The summed E-state index contributed by atoms with van der Waals surface area (Å²) in [5.74, 6) is -0.764. The molecule has 0 saturated heterocycles. The van der Waals surface area contributed by atoms with Crippen molar-refractivity contribution in [3.05, 3.63) is 33.3 Å². The van der Waals surface area contributed by atoms with E-state index >= 15 is 0 Å². The molecule has 5 heteroatoms. The Morgan fingerprint density at radius 1 is 1.41 bits per heavy atom. The van der Waals surface area contributed by atoms with E-state index in [1.807, 2.05) is 6.07 Å². The van der Waals surface area contributed by atoms with Crippen molar-refractivity contribution in [1.82, 2.24) is 4.90 Å². The van der Waals surface area contributed by atoms with Gasteiger partial charge in [0, 0.05) is 29.7 Å². The molecule has 0 aromatic heterocycles. The van der Waals surface area contributed by atoms with Crippen LogP contribution in [0.2, 0.25) is 10.0 Å². The van der Waals surface area contributed by atoms with Crippen LogP contribution in [0.15, 0.2) is 12.1 Å². The molecule has 1 N–H and O–H groups in total. The molecule has 2 rings (SSSR count). The third-order valence-corrected chi connectivity index (χ3v) is 3.52. The lowest BCUT2D eigenvalue weighted by molar-refractivity contribution is -0.137. The fraction of sp³-hybridized carbons (Fsp3) is 0.417. The first-order chi connectivity index (χ1) is 8.06. The Balaban J connectivity index is 2.10. The summed E-state index contributed by atoms with van der Waals surface area (Å²) in [5, 5.41) is 10.0. The summed E-state index contributed by atoms with van der Waals surface area (Å²) in [4.78, 5) is 12.6. The molecule has 0 radical (unpaired) electrons. The predicted molar refractivity (Wildman–Crippen MR) is 67.7 cm³/mol. The monoisotopic (exact) mass is 273 g/mol. The van der Waals surface area contributed by atoms with Gasteiger partial charge in [-0.2, -0.15) is 0 Å². The molecule has 1 aliphatic rings. The van der Waals surface area contributed by atoms with Crippen LogP contribution in [0, 0.1) is 0 Å². The van der Waals surface area contributed by atoms with Crippen LogP contribution in [0.5, 0.6) is 0 Å². The van der Waals surface area contributed by atoms with E-state index in [0.29, 0.717) is 16.6 Å². The van der Waals surface area contributed by atoms with Gasteiger partial charge in [0.05, 0.1) is 6.42 Å². The van der Waals surface area contributed by atoms with Crippen LogP contribution in [0.3, 0.4) is 0 Å². The van der Waals surface area contributed by atoms with Gasteiger partial charge in [-0.05, 0) is 29.7 Å². The number of hydrogen-bond acceptors (Lipinski definition) is 2. The third-order valence-electron chi connectivity index (χ3n) is 2.97. The Kier molecular flexibility index (Phi) is 3.92. The standard InChI is InChI=1S/C12H13Cl2NO2/c13-9-5-8-7-15(4-2-12(16)17)3-1-10(8)11(14)6-9/h5-6H,1-4,7H2,(H,16,17). The smallest absolute Gasteiger partial charge is 0.304 e. The number of hydrogen-bond donors (Lipinski definition) is 1. The quantitative estimate of drug-likeness (QED) is 0.921. The second kappa shape index (κ2) is 5.25. The number of aliphatic carboxylic acids is 1. The van der Waals surface area contributed by atoms with Crippen molar-refractivity contribution in [2.24, 2.45) is 0 Å². The molecule has 0 spiro atoms. The molecule has 0 saturated carbocycles. The highest BCUT2D eigenvalue weighted by molar-refractivity contribution is 6.35. The van der Waals surface area contributed by atoms with Crippen LogP contribution in [0.1, 0.15) is 17.5 Å². The molecule has 17 heavy (non-hydrogen) atoms. The van der Waals surface area contributed by atoms with E-state index in [9.17, 15) is 4.79 Å². The third kappa shape index (κ3) is 3.12. The van der Waals surface area contributed by atoms with E-state index < -0.39 is 5.97 Å². The zero-order chi connectivity index (χ0) is 12.4. The molecule has 3 nitrogen and oxygen atoms in total. The Morgan fingerprint density at radius 3 is 2.88 bits per heavy atom. The summed E-state index contributed by atoms with van der Waals surface area (Å²) < 4.78 is 0. The van der Waals surface area contributed by atoms with Gasteiger partial charge in [0.1, 0.15) is 0 Å². The lowest BCUT2D eigenvalue weighted by atomic mass is 9.99. The summed E-state index contributed by atoms with van der Waals surface area (Å²) in [6.07, 6.45) is 1.02. The summed E-state index contributed by atoms with van der Waals surface area (Å²) in [6.45, 7) is 2.14. The van der Waals surface area contributed by atoms with Gasteiger partial charge in [0.2, 0.25) is 0 Å². The highest BCUT2D eigenvalue weighted by Gasteiger charge is 2.19. The molecule has 1 aromatic rings. The fourth-order valence-electron chi connectivity index (χ4n) is 2.11.